The SMILES string of the molecule is COc1ccc(C2=NOC(CN(Cc3ccc(F)cc3F)C(=O)C3CC3)C2)cc1. The standard InChI is InChI=1S/C22H22F2N2O3/c1-28-18-8-5-14(6-9-18)21-11-19(29-25-21)13-26(22(27)15-2-3-15)12-16-4-7-17(23)10-20(16)24/h4-10,15,19H,2-3,11-13H2,1H3. The van der Waals surface area contributed by atoms with Crippen molar-refractivity contribution in [3.8, 4) is 5.75 Å². The Morgan fingerprint density at radius 1 is 1.21 bits per heavy atom. The molecule has 1 aliphatic carbocycles. The van der Waals surface area contributed by atoms with Crippen LogP contribution in [0.2, 0.25) is 0 Å². The van der Waals surface area contributed by atoms with Crippen LogP contribution in [0.1, 0.15) is 30.4 Å². The molecule has 0 radical (unpaired) electrons. The van der Waals surface area contributed by atoms with Gasteiger partial charge in [0.2, 0.25) is 5.91 Å². The Morgan fingerprint density at radius 3 is 2.62 bits per heavy atom. The Balaban J connectivity index is 1.43. The Bertz CT molecular complexity index is 926. The molecule has 1 amide bonds. The zero-order valence-electron chi connectivity index (χ0n) is 16.1. The average molecular weight is 400 g/mol. The maximum Gasteiger partial charge on any atom is 0.226 e. The van der Waals surface area contributed by atoms with Gasteiger partial charge >= 0.3 is 0 Å². The lowest BCUT2D eigenvalue weighted by Gasteiger charge is -2.25. The third kappa shape index (κ3) is 4.55. The Kier molecular flexibility index (Phi) is 5.47. The van der Waals surface area contributed by atoms with Gasteiger partial charge in [-0.15, -0.1) is 0 Å². The highest BCUT2D eigenvalue weighted by molar-refractivity contribution is 6.01. The number of hydrogen-bond acceptors (Lipinski definition) is 4. The number of carbonyl (C=O) groups is 1. The number of carbonyl (C=O) groups excluding carboxylic acids is 1. The summed E-state index contributed by atoms with van der Waals surface area (Å²) in [4.78, 5) is 19.9. The monoisotopic (exact) mass is 400 g/mol. The number of rotatable bonds is 7. The normalized spacial score (nSPS) is 18.2. The van der Waals surface area contributed by atoms with Gasteiger partial charge in [0.15, 0.2) is 6.10 Å². The molecule has 1 unspecified atom stereocenters. The molecule has 0 aromatic heterocycles. The maximum absolute atomic E-state index is 14.1. The summed E-state index contributed by atoms with van der Waals surface area (Å²) in [5.74, 6) is -0.562. The van der Waals surface area contributed by atoms with Crippen LogP contribution in [-0.4, -0.2) is 36.3 Å². The number of oxime groups is 1. The fourth-order valence-electron chi connectivity index (χ4n) is 3.40. The van der Waals surface area contributed by atoms with Crippen LogP contribution < -0.4 is 4.74 Å². The summed E-state index contributed by atoms with van der Waals surface area (Å²) in [6, 6.07) is 10.9. The van der Waals surface area contributed by atoms with E-state index in [1.54, 1.807) is 12.0 Å². The number of hydrogen-bond donors (Lipinski definition) is 0. The van der Waals surface area contributed by atoms with Crippen molar-refractivity contribution in [1.82, 2.24) is 4.90 Å². The van der Waals surface area contributed by atoms with Gasteiger partial charge in [0.1, 0.15) is 17.4 Å². The summed E-state index contributed by atoms with van der Waals surface area (Å²) in [6.45, 7) is 0.383. The summed E-state index contributed by atoms with van der Waals surface area (Å²) in [5, 5.41) is 4.17. The van der Waals surface area contributed by atoms with Gasteiger partial charge in [-0.2, -0.15) is 0 Å². The molecule has 1 fully saturated rings. The number of amides is 1. The molecule has 5 nitrogen and oxygen atoms in total. The maximum atomic E-state index is 14.1. The van der Waals surface area contributed by atoms with Crippen LogP contribution >= 0.6 is 0 Å². The molecule has 1 saturated carbocycles. The van der Waals surface area contributed by atoms with Crippen molar-refractivity contribution >= 4 is 11.6 Å². The number of nitrogens with zero attached hydrogens (tertiary/aromatic N) is 2. The first-order chi connectivity index (χ1) is 14.0. The molecule has 2 aromatic rings. The summed E-state index contributed by atoms with van der Waals surface area (Å²) in [6.07, 6.45) is 1.94. The van der Waals surface area contributed by atoms with Crippen molar-refractivity contribution < 1.29 is 23.1 Å². The van der Waals surface area contributed by atoms with Crippen LogP contribution in [0.4, 0.5) is 8.78 Å². The minimum atomic E-state index is -0.652. The molecule has 0 spiro atoms. The summed E-state index contributed by atoms with van der Waals surface area (Å²) in [7, 11) is 1.61. The molecule has 7 heteroatoms. The van der Waals surface area contributed by atoms with Gasteiger partial charge in [-0.1, -0.05) is 11.2 Å². The van der Waals surface area contributed by atoms with Crippen LogP contribution in [-0.2, 0) is 16.2 Å². The van der Waals surface area contributed by atoms with Crippen LogP contribution in [0.25, 0.3) is 0 Å². The van der Waals surface area contributed by atoms with E-state index in [-0.39, 0.29) is 30.0 Å². The summed E-state index contributed by atoms with van der Waals surface area (Å²) >= 11 is 0. The van der Waals surface area contributed by atoms with Crippen LogP contribution in [0.5, 0.6) is 5.75 Å². The molecule has 2 aliphatic rings. The van der Waals surface area contributed by atoms with Crippen molar-refractivity contribution in [3.05, 3.63) is 65.2 Å². The zero-order chi connectivity index (χ0) is 20.4. The molecular weight excluding hydrogens is 378 g/mol. The average Bonchev–Trinajstić information content (AvgIpc) is 3.47. The van der Waals surface area contributed by atoms with Gasteiger partial charge in [0, 0.05) is 30.5 Å². The van der Waals surface area contributed by atoms with Gasteiger partial charge in [-0.3, -0.25) is 4.79 Å². The van der Waals surface area contributed by atoms with Gasteiger partial charge in [-0.05, 0) is 48.7 Å². The Hall–Kier alpha value is -2.96. The molecule has 1 atom stereocenters. The highest BCUT2D eigenvalue weighted by Gasteiger charge is 2.36. The number of halogens is 2. The van der Waals surface area contributed by atoms with Crippen LogP contribution in [0.3, 0.4) is 0 Å². The van der Waals surface area contributed by atoms with Crippen LogP contribution in [0.15, 0.2) is 47.6 Å². The van der Waals surface area contributed by atoms with Crippen molar-refractivity contribution in [2.24, 2.45) is 11.1 Å². The second-order valence-corrected chi connectivity index (χ2v) is 7.43. The quantitative estimate of drug-likeness (QED) is 0.708. The summed E-state index contributed by atoms with van der Waals surface area (Å²) < 4.78 is 32.5. The lowest BCUT2D eigenvalue weighted by molar-refractivity contribution is -0.135. The Morgan fingerprint density at radius 2 is 1.97 bits per heavy atom. The fourth-order valence-corrected chi connectivity index (χ4v) is 3.40. The van der Waals surface area contributed by atoms with Crippen molar-refractivity contribution in [1.29, 1.82) is 0 Å². The molecule has 1 heterocycles. The lowest BCUT2D eigenvalue weighted by Crippen LogP contribution is -2.38. The van der Waals surface area contributed by atoms with Crippen molar-refractivity contribution in [2.75, 3.05) is 13.7 Å². The summed E-state index contributed by atoms with van der Waals surface area (Å²) in [5.41, 5.74) is 2.01. The number of ether oxygens (including phenoxy) is 1. The molecule has 1 aliphatic heterocycles. The first-order valence-corrected chi connectivity index (χ1v) is 9.63. The third-order valence-corrected chi connectivity index (χ3v) is 5.19. The topological polar surface area (TPSA) is 51.1 Å². The van der Waals surface area contributed by atoms with E-state index >= 15 is 0 Å². The first kappa shape index (κ1) is 19.4. The molecule has 152 valence electrons. The molecule has 4 rings (SSSR count). The fraction of sp³-hybridized carbons (Fsp3) is 0.364. The second-order valence-electron chi connectivity index (χ2n) is 7.43. The molecule has 29 heavy (non-hydrogen) atoms. The number of methoxy groups -OCH3 is 1. The van der Waals surface area contributed by atoms with Gasteiger partial charge in [0.05, 0.1) is 19.4 Å². The second kappa shape index (κ2) is 8.19. The lowest BCUT2D eigenvalue weighted by atomic mass is 10.0. The van der Waals surface area contributed by atoms with Crippen molar-refractivity contribution in [2.45, 2.75) is 31.9 Å². The van der Waals surface area contributed by atoms with Gasteiger partial charge in [0.25, 0.3) is 0 Å². The minimum Gasteiger partial charge on any atom is -0.497 e. The highest BCUT2D eigenvalue weighted by atomic mass is 19.1. The molecule has 0 bridgehead atoms. The largest absolute Gasteiger partial charge is 0.497 e. The van der Waals surface area contributed by atoms with E-state index in [2.05, 4.69) is 5.16 Å². The van der Waals surface area contributed by atoms with E-state index in [0.29, 0.717) is 13.0 Å². The van der Waals surface area contributed by atoms with E-state index in [1.807, 2.05) is 24.3 Å². The van der Waals surface area contributed by atoms with E-state index < -0.39 is 11.6 Å². The van der Waals surface area contributed by atoms with E-state index in [9.17, 15) is 13.6 Å². The predicted octanol–water partition coefficient (Wildman–Crippen LogP) is 3.91. The Labute approximate surface area is 167 Å². The number of benzene rings is 2. The molecule has 0 N–H and O–H groups in total. The molecular formula is C22H22F2N2O3. The van der Waals surface area contributed by atoms with E-state index in [0.717, 1.165) is 35.9 Å². The van der Waals surface area contributed by atoms with Crippen molar-refractivity contribution in [3.63, 3.8) is 0 Å². The predicted molar refractivity (Wildman–Crippen MR) is 104 cm³/mol. The van der Waals surface area contributed by atoms with Gasteiger partial charge in [-0.25, -0.2) is 8.78 Å². The van der Waals surface area contributed by atoms with Crippen LogP contribution in [0, 0.1) is 17.6 Å². The minimum absolute atomic E-state index is 0.0121. The highest BCUT2D eigenvalue weighted by Crippen LogP contribution is 2.32. The smallest absolute Gasteiger partial charge is 0.226 e. The molecule has 2 aromatic carbocycles. The first-order valence-electron chi connectivity index (χ1n) is 9.63. The zero-order valence-corrected chi connectivity index (χ0v) is 16.1. The van der Waals surface area contributed by atoms with Gasteiger partial charge < -0.3 is 14.5 Å². The molecule has 0 saturated heterocycles. The van der Waals surface area contributed by atoms with E-state index in [1.165, 1.54) is 12.1 Å². The third-order valence-electron chi connectivity index (χ3n) is 5.19. The van der Waals surface area contributed by atoms with E-state index in [4.69, 9.17) is 9.57 Å².